The fraction of sp³-hybridized carbons (Fsp3) is 0. The van der Waals surface area contributed by atoms with Crippen LogP contribution in [0.1, 0.15) is 0 Å². The van der Waals surface area contributed by atoms with Gasteiger partial charge in [-0.1, -0.05) is 18.2 Å². The van der Waals surface area contributed by atoms with Crippen LogP contribution in [-0.2, 0) is 0 Å². The number of nitrogens with zero attached hydrogens (tertiary/aromatic N) is 1. The van der Waals surface area contributed by atoms with E-state index in [1.807, 2.05) is 23.7 Å². The molecule has 0 saturated heterocycles. The normalized spacial score (nSPS) is 10.6. The number of halogens is 1. The molecule has 0 aliphatic carbocycles. The summed E-state index contributed by atoms with van der Waals surface area (Å²) in [6.45, 7) is 0. The second-order valence-corrected chi connectivity index (χ2v) is 5.50. The van der Waals surface area contributed by atoms with E-state index in [9.17, 15) is 4.39 Å². The molecule has 0 amide bonds. The molecule has 0 radical (unpaired) electrons. The van der Waals surface area contributed by atoms with Crippen molar-refractivity contribution in [2.45, 2.75) is 0 Å². The van der Waals surface area contributed by atoms with E-state index in [2.05, 4.69) is 11.1 Å². The van der Waals surface area contributed by atoms with Gasteiger partial charge in [0.25, 0.3) is 0 Å². The van der Waals surface area contributed by atoms with Crippen LogP contribution in [0.25, 0.3) is 20.3 Å². The highest BCUT2D eigenvalue weighted by Gasteiger charge is 2.07. The molecule has 17 heavy (non-hydrogen) atoms. The van der Waals surface area contributed by atoms with Gasteiger partial charge in [0.2, 0.25) is 0 Å². The molecule has 0 aliphatic heterocycles. The second kappa shape index (κ2) is 4.39. The molecule has 0 unspecified atom stereocenters. The maximum absolute atomic E-state index is 13.1. The molecule has 0 N–H and O–H groups in total. The molecular formula is C13H8FNS2. The summed E-state index contributed by atoms with van der Waals surface area (Å²) in [7, 11) is 0. The Balaban J connectivity index is 2.01. The lowest BCUT2D eigenvalue weighted by molar-refractivity contribution is 0.628. The van der Waals surface area contributed by atoms with E-state index in [-0.39, 0.29) is 5.82 Å². The van der Waals surface area contributed by atoms with Crippen LogP contribution >= 0.6 is 22.7 Å². The van der Waals surface area contributed by atoms with Gasteiger partial charge in [-0.25, -0.2) is 9.37 Å². The molecule has 0 atom stereocenters. The summed E-state index contributed by atoms with van der Waals surface area (Å²) in [5.74, 6) is -0.227. The van der Waals surface area contributed by atoms with Crippen molar-refractivity contribution in [2.75, 3.05) is 0 Å². The lowest BCUT2D eigenvalue weighted by Gasteiger charge is -1.95. The predicted molar refractivity (Wildman–Crippen MR) is 70.8 cm³/mol. The molecule has 84 valence electrons. The lowest BCUT2D eigenvalue weighted by atomic mass is 10.2. The van der Waals surface area contributed by atoms with Crippen molar-refractivity contribution in [3.63, 3.8) is 0 Å². The summed E-state index contributed by atoms with van der Waals surface area (Å²) in [5.41, 5.74) is 0.831. The van der Waals surface area contributed by atoms with Gasteiger partial charge in [-0.15, -0.1) is 22.7 Å². The Morgan fingerprint density at radius 1 is 1.06 bits per heavy atom. The Morgan fingerprint density at radius 3 is 2.76 bits per heavy atom. The highest BCUT2D eigenvalue weighted by atomic mass is 32.1. The number of thiophene rings is 1. The summed E-state index contributed by atoms with van der Waals surface area (Å²) in [4.78, 5) is 6.67. The van der Waals surface area contributed by atoms with Gasteiger partial charge in [0.15, 0.2) is 0 Å². The monoisotopic (exact) mass is 261 g/mol. The summed E-state index contributed by atoms with van der Waals surface area (Å²) in [6.07, 6.45) is 1.84. The number of thiazole rings is 1. The highest BCUT2D eigenvalue weighted by Crippen LogP contribution is 2.34. The number of aromatic nitrogens is 1. The zero-order valence-electron chi connectivity index (χ0n) is 8.76. The minimum atomic E-state index is -0.227. The van der Waals surface area contributed by atoms with Crippen molar-refractivity contribution < 1.29 is 4.39 Å². The molecule has 0 aliphatic rings. The van der Waals surface area contributed by atoms with E-state index in [4.69, 9.17) is 0 Å². The van der Waals surface area contributed by atoms with Gasteiger partial charge >= 0.3 is 0 Å². The fourth-order valence-electron chi connectivity index (χ4n) is 1.56. The van der Waals surface area contributed by atoms with Gasteiger partial charge in [-0.3, -0.25) is 0 Å². The quantitative estimate of drug-likeness (QED) is 0.653. The molecule has 0 saturated carbocycles. The molecule has 4 heteroatoms. The van der Waals surface area contributed by atoms with Gasteiger partial charge in [0.05, 0.1) is 4.88 Å². The topological polar surface area (TPSA) is 12.9 Å². The minimum Gasteiger partial charge on any atom is -0.244 e. The maximum atomic E-state index is 13.1. The first-order valence-corrected chi connectivity index (χ1v) is 6.78. The van der Waals surface area contributed by atoms with E-state index in [1.165, 1.54) is 17.0 Å². The summed E-state index contributed by atoms with van der Waals surface area (Å²) in [5, 5.41) is 2.89. The molecule has 0 fully saturated rings. The predicted octanol–water partition coefficient (Wildman–Crippen LogP) is 4.68. The summed E-state index contributed by atoms with van der Waals surface area (Å²) in [6, 6.07) is 10.6. The second-order valence-electron chi connectivity index (χ2n) is 3.52. The smallest absolute Gasteiger partial charge is 0.124 e. The zero-order chi connectivity index (χ0) is 11.7. The SMILES string of the molecule is Fc1cccc(-c2ncc(-c3cccs3)s2)c1. The molecule has 2 heterocycles. The van der Waals surface area contributed by atoms with Crippen LogP contribution in [0.4, 0.5) is 4.39 Å². The Labute approximate surface area is 106 Å². The van der Waals surface area contributed by atoms with Crippen molar-refractivity contribution in [1.82, 2.24) is 4.98 Å². The van der Waals surface area contributed by atoms with Gasteiger partial charge in [0.1, 0.15) is 10.8 Å². The van der Waals surface area contributed by atoms with Gasteiger partial charge < -0.3 is 0 Å². The van der Waals surface area contributed by atoms with Gasteiger partial charge in [-0.05, 0) is 23.6 Å². The average molecular weight is 261 g/mol. The Bertz CT molecular complexity index is 628. The van der Waals surface area contributed by atoms with Crippen LogP contribution in [0.3, 0.4) is 0 Å². The van der Waals surface area contributed by atoms with Crippen molar-refractivity contribution >= 4 is 22.7 Å². The van der Waals surface area contributed by atoms with Crippen LogP contribution in [0.2, 0.25) is 0 Å². The zero-order valence-corrected chi connectivity index (χ0v) is 10.4. The summed E-state index contributed by atoms with van der Waals surface area (Å²) >= 11 is 3.27. The highest BCUT2D eigenvalue weighted by molar-refractivity contribution is 7.22. The van der Waals surface area contributed by atoms with E-state index < -0.39 is 0 Å². The largest absolute Gasteiger partial charge is 0.244 e. The number of rotatable bonds is 2. The third-order valence-electron chi connectivity index (χ3n) is 2.34. The van der Waals surface area contributed by atoms with E-state index in [0.717, 1.165) is 15.4 Å². The fourth-order valence-corrected chi connectivity index (χ4v) is 3.29. The van der Waals surface area contributed by atoms with E-state index in [0.29, 0.717) is 0 Å². The first kappa shape index (κ1) is 10.6. The van der Waals surface area contributed by atoms with Crippen LogP contribution < -0.4 is 0 Å². The first-order chi connectivity index (χ1) is 8.33. The van der Waals surface area contributed by atoms with Crippen molar-refractivity contribution in [1.29, 1.82) is 0 Å². The molecular weight excluding hydrogens is 253 g/mol. The average Bonchev–Trinajstić information content (AvgIpc) is 3.00. The summed E-state index contributed by atoms with van der Waals surface area (Å²) < 4.78 is 13.1. The molecule has 2 aromatic heterocycles. The first-order valence-electron chi connectivity index (χ1n) is 5.08. The van der Waals surface area contributed by atoms with Crippen molar-refractivity contribution in [3.05, 3.63) is 53.8 Å². The molecule has 1 aromatic carbocycles. The third-order valence-corrected chi connectivity index (χ3v) is 4.45. The van der Waals surface area contributed by atoms with E-state index >= 15 is 0 Å². The van der Waals surface area contributed by atoms with Gasteiger partial charge in [-0.2, -0.15) is 0 Å². The lowest BCUT2D eigenvalue weighted by Crippen LogP contribution is -1.77. The number of benzene rings is 1. The van der Waals surface area contributed by atoms with Crippen LogP contribution in [0.5, 0.6) is 0 Å². The third kappa shape index (κ3) is 2.14. The maximum Gasteiger partial charge on any atom is 0.124 e. The molecule has 3 aromatic rings. The number of hydrogen-bond donors (Lipinski definition) is 0. The molecule has 0 spiro atoms. The molecule has 3 rings (SSSR count). The Kier molecular flexibility index (Phi) is 2.74. The molecule has 0 bridgehead atoms. The number of hydrogen-bond acceptors (Lipinski definition) is 3. The van der Waals surface area contributed by atoms with Crippen LogP contribution in [-0.4, -0.2) is 4.98 Å². The van der Waals surface area contributed by atoms with Crippen LogP contribution in [0, 0.1) is 5.82 Å². The van der Waals surface area contributed by atoms with Crippen molar-refractivity contribution in [2.24, 2.45) is 0 Å². The Hall–Kier alpha value is -1.52. The standard InChI is InChI=1S/C13H8FNS2/c14-10-4-1-3-9(7-10)13-15-8-12(17-13)11-5-2-6-16-11/h1-8H. The minimum absolute atomic E-state index is 0.227. The Morgan fingerprint density at radius 2 is 2.00 bits per heavy atom. The van der Waals surface area contributed by atoms with Gasteiger partial charge in [0, 0.05) is 16.6 Å². The molecule has 1 nitrogen and oxygen atoms in total. The van der Waals surface area contributed by atoms with Crippen LogP contribution in [0.15, 0.2) is 48.0 Å². The van der Waals surface area contributed by atoms with E-state index in [1.54, 1.807) is 28.7 Å². The van der Waals surface area contributed by atoms with Crippen molar-refractivity contribution in [3.8, 4) is 20.3 Å².